The van der Waals surface area contributed by atoms with Crippen LogP contribution in [0.15, 0.2) is 36.5 Å². The van der Waals surface area contributed by atoms with Crippen molar-refractivity contribution in [3.8, 4) is 11.4 Å². The molecule has 1 aliphatic rings. The van der Waals surface area contributed by atoms with Crippen LogP contribution in [0.2, 0.25) is 0 Å². The third-order valence-electron chi connectivity index (χ3n) is 4.86. The molecule has 1 fully saturated rings. The first-order chi connectivity index (χ1) is 13.2. The van der Waals surface area contributed by atoms with E-state index in [-0.39, 0.29) is 5.69 Å². The molecule has 2 aromatic carbocycles. The van der Waals surface area contributed by atoms with Crippen molar-refractivity contribution in [2.75, 3.05) is 37.3 Å². The standard InChI is InChI=1S/C18H18F2N4O3S/c1-28(26,27)23-6-4-22(5-7-23)13-2-3-16-12(8-13)11-21-24(16)14-9-15(19)18(20)17(25)10-14/h2-3,8-11,25H,4-7H2,1H3. The first-order valence-electron chi connectivity index (χ1n) is 8.60. The molecule has 4 rings (SSSR count). The Morgan fingerprint density at radius 1 is 1.04 bits per heavy atom. The minimum atomic E-state index is -3.19. The summed E-state index contributed by atoms with van der Waals surface area (Å²) in [6, 6.07) is 7.67. The largest absolute Gasteiger partial charge is 0.505 e. The van der Waals surface area contributed by atoms with Crippen LogP contribution in [0.3, 0.4) is 0 Å². The summed E-state index contributed by atoms with van der Waals surface area (Å²) in [7, 11) is -3.19. The number of aromatic hydroxyl groups is 1. The van der Waals surface area contributed by atoms with Crippen LogP contribution in [0.4, 0.5) is 14.5 Å². The topological polar surface area (TPSA) is 78.7 Å². The van der Waals surface area contributed by atoms with Gasteiger partial charge in [0.2, 0.25) is 10.0 Å². The van der Waals surface area contributed by atoms with Crippen LogP contribution in [0, 0.1) is 11.6 Å². The van der Waals surface area contributed by atoms with Gasteiger partial charge < -0.3 is 10.0 Å². The van der Waals surface area contributed by atoms with E-state index in [0.29, 0.717) is 31.7 Å². The second-order valence-electron chi connectivity index (χ2n) is 6.71. The first-order valence-corrected chi connectivity index (χ1v) is 10.4. The number of nitrogens with zero attached hydrogens (tertiary/aromatic N) is 4. The molecule has 1 aromatic heterocycles. The van der Waals surface area contributed by atoms with Crippen LogP contribution in [-0.2, 0) is 10.0 Å². The van der Waals surface area contributed by atoms with Gasteiger partial charge in [0.1, 0.15) is 0 Å². The predicted molar refractivity (Wildman–Crippen MR) is 101 cm³/mol. The van der Waals surface area contributed by atoms with Crippen LogP contribution < -0.4 is 4.90 Å². The molecular formula is C18H18F2N4O3S. The molecule has 1 aliphatic heterocycles. The molecule has 0 bridgehead atoms. The van der Waals surface area contributed by atoms with Gasteiger partial charge in [-0.3, -0.25) is 0 Å². The average molecular weight is 408 g/mol. The Labute approximate surface area is 160 Å². The zero-order valence-corrected chi connectivity index (χ0v) is 15.8. The predicted octanol–water partition coefficient (Wildman–Crippen LogP) is 2.09. The maximum absolute atomic E-state index is 13.6. The molecular weight excluding hydrogens is 390 g/mol. The molecule has 1 saturated heterocycles. The van der Waals surface area contributed by atoms with Crippen LogP contribution in [0.25, 0.3) is 16.6 Å². The van der Waals surface area contributed by atoms with Gasteiger partial charge in [0.25, 0.3) is 0 Å². The molecule has 0 spiro atoms. The average Bonchev–Trinajstić information content (AvgIpc) is 3.08. The smallest absolute Gasteiger partial charge is 0.211 e. The molecule has 7 nitrogen and oxygen atoms in total. The quantitative estimate of drug-likeness (QED) is 0.718. The molecule has 1 N–H and O–H groups in total. The van der Waals surface area contributed by atoms with E-state index in [1.54, 1.807) is 12.3 Å². The summed E-state index contributed by atoms with van der Waals surface area (Å²) in [6.45, 7) is 1.99. The molecule has 28 heavy (non-hydrogen) atoms. The lowest BCUT2D eigenvalue weighted by Crippen LogP contribution is -2.48. The third-order valence-corrected chi connectivity index (χ3v) is 6.17. The minimum Gasteiger partial charge on any atom is -0.505 e. The number of phenols is 1. The van der Waals surface area contributed by atoms with Crippen LogP contribution >= 0.6 is 0 Å². The molecule has 3 aromatic rings. The van der Waals surface area contributed by atoms with Crippen molar-refractivity contribution >= 4 is 26.6 Å². The summed E-state index contributed by atoms with van der Waals surface area (Å²) >= 11 is 0. The fourth-order valence-electron chi connectivity index (χ4n) is 3.38. The van der Waals surface area contributed by atoms with Gasteiger partial charge in [0.15, 0.2) is 17.4 Å². The minimum absolute atomic E-state index is 0.209. The number of anilines is 1. The number of sulfonamides is 1. The van der Waals surface area contributed by atoms with Crippen molar-refractivity contribution in [1.29, 1.82) is 0 Å². The second-order valence-corrected chi connectivity index (χ2v) is 8.69. The van der Waals surface area contributed by atoms with Crippen LogP contribution in [-0.4, -0.2) is 60.0 Å². The van der Waals surface area contributed by atoms with Gasteiger partial charge >= 0.3 is 0 Å². The molecule has 148 valence electrons. The lowest BCUT2D eigenvalue weighted by atomic mass is 10.2. The van der Waals surface area contributed by atoms with E-state index < -0.39 is 27.4 Å². The molecule has 0 aliphatic carbocycles. The summed E-state index contributed by atoms with van der Waals surface area (Å²) in [5.41, 5.74) is 1.80. The molecule has 0 saturated carbocycles. The van der Waals surface area contributed by atoms with E-state index in [4.69, 9.17) is 0 Å². The highest BCUT2D eigenvalue weighted by atomic mass is 32.2. The van der Waals surface area contributed by atoms with E-state index in [9.17, 15) is 22.3 Å². The number of fused-ring (bicyclic) bond motifs is 1. The van der Waals surface area contributed by atoms with Crippen molar-refractivity contribution in [2.45, 2.75) is 0 Å². The zero-order chi connectivity index (χ0) is 20.1. The molecule has 0 amide bonds. The number of phenolic OH excluding ortho intramolecular Hbond substituents is 1. The Hall–Kier alpha value is -2.72. The van der Waals surface area contributed by atoms with E-state index in [2.05, 4.69) is 10.00 Å². The number of aromatic nitrogens is 2. The fourth-order valence-corrected chi connectivity index (χ4v) is 4.21. The van der Waals surface area contributed by atoms with E-state index in [0.717, 1.165) is 23.2 Å². The number of hydrogen-bond donors (Lipinski definition) is 1. The molecule has 0 unspecified atom stereocenters. The Morgan fingerprint density at radius 3 is 2.39 bits per heavy atom. The van der Waals surface area contributed by atoms with Gasteiger partial charge in [-0.15, -0.1) is 0 Å². The number of hydrogen-bond acceptors (Lipinski definition) is 5. The Kier molecular flexibility index (Phi) is 4.47. The van der Waals surface area contributed by atoms with Gasteiger partial charge in [-0.2, -0.15) is 13.8 Å². The summed E-state index contributed by atoms with van der Waals surface area (Å²) < 4.78 is 53.1. The first kappa shape index (κ1) is 18.6. The van der Waals surface area contributed by atoms with Gasteiger partial charge in [0, 0.05) is 49.4 Å². The summed E-state index contributed by atoms with van der Waals surface area (Å²) in [6.07, 6.45) is 2.81. The van der Waals surface area contributed by atoms with Crippen LogP contribution in [0.1, 0.15) is 0 Å². The Bertz CT molecular complexity index is 1130. The van der Waals surface area contributed by atoms with Gasteiger partial charge in [-0.05, 0) is 18.2 Å². The summed E-state index contributed by atoms with van der Waals surface area (Å²) in [5.74, 6) is -3.23. The Balaban J connectivity index is 1.62. The highest BCUT2D eigenvalue weighted by Gasteiger charge is 2.23. The van der Waals surface area contributed by atoms with Crippen molar-refractivity contribution in [3.63, 3.8) is 0 Å². The second kappa shape index (κ2) is 6.71. The zero-order valence-electron chi connectivity index (χ0n) is 15.0. The molecule has 2 heterocycles. The lowest BCUT2D eigenvalue weighted by molar-refractivity contribution is 0.388. The van der Waals surface area contributed by atoms with Gasteiger partial charge in [-0.25, -0.2) is 17.5 Å². The van der Waals surface area contributed by atoms with Crippen LogP contribution in [0.5, 0.6) is 5.75 Å². The van der Waals surface area contributed by atoms with Crippen molar-refractivity contribution in [3.05, 3.63) is 48.2 Å². The highest BCUT2D eigenvalue weighted by Crippen LogP contribution is 2.28. The monoisotopic (exact) mass is 408 g/mol. The van der Waals surface area contributed by atoms with Crippen molar-refractivity contribution in [1.82, 2.24) is 14.1 Å². The SMILES string of the molecule is CS(=O)(=O)N1CCN(c2ccc3c(cnn3-c3cc(O)c(F)c(F)c3)c2)CC1. The number of rotatable bonds is 3. The maximum atomic E-state index is 13.6. The van der Waals surface area contributed by atoms with Gasteiger partial charge in [-0.1, -0.05) is 0 Å². The normalized spacial score (nSPS) is 16.0. The van der Waals surface area contributed by atoms with Crippen molar-refractivity contribution in [2.24, 2.45) is 0 Å². The third kappa shape index (κ3) is 3.29. The Morgan fingerprint density at radius 2 is 1.75 bits per heavy atom. The van der Waals surface area contributed by atoms with E-state index in [1.807, 2.05) is 12.1 Å². The highest BCUT2D eigenvalue weighted by molar-refractivity contribution is 7.88. The van der Waals surface area contributed by atoms with E-state index >= 15 is 0 Å². The number of benzene rings is 2. The van der Waals surface area contributed by atoms with Gasteiger partial charge in [0.05, 0.1) is 23.7 Å². The lowest BCUT2D eigenvalue weighted by Gasteiger charge is -2.34. The van der Waals surface area contributed by atoms with E-state index in [1.165, 1.54) is 15.2 Å². The number of halogens is 2. The summed E-state index contributed by atoms with van der Waals surface area (Å²) in [5, 5.41) is 14.5. The molecule has 10 heteroatoms. The summed E-state index contributed by atoms with van der Waals surface area (Å²) in [4.78, 5) is 2.09. The fraction of sp³-hybridized carbons (Fsp3) is 0.278. The van der Waals surface area contributed by atoms with Crippen molar-refractivity contribution < 1.29 is 22.3 Å². The molecule has 0 atom stereocenters. The maximum Gasteiger partial charge on any atom is 0.211 e. The molecule has 0 radical (unpaired) electrons. The number of piperazine rings is 1.